The summed E-state index contributed by atoms with van der Waals surface area (Å²) in [5, 5.41) is 13.0. The number of aliphatic hydroxyl groups is 1. The van der Waals surface area contributed by atoms with Crippen LogP contribution in [0.25, 0.3) is 0 Å². The van der Waals surface area contributed by atoms with Gasteiger partial charge in [0.25, 0.3) is 0 Å². The third-order valence-electron chi connectivity index (χ3n) is 4.01. The number of benzene rings is 1. The van der Waals surface area contributed by atoms with Gasteiger partial charge in [-0.1, -0.05) is 19.9 Å². The Morgan fingerprint density at radius 1 is 1.12 bits per heavy atom. The Morgan fingerprint density at radius 3 is 2.24 bits per heavy atom. The first-order valence-corrected chi connectivity index (χ1v) is 6.49. The molecule has 0 unspecified atom stereocenters. The molecular formula is C15H25NO. The Balaban J connectivity index is 2.68. The van der Waals surface area contributed by atoms with E-state index in [1.807, 2.05) is 0 Å². The summed E-state index contributed by atoms with van der Waals surface area (Å²) in [4.78, 5) is 0. The zero-order chi connectivity index (χ0) is 12.9. The summed E-state index contributed by atoms with van der Waals surface area (Å²) in [6, 6.07) is 6.41. The summed E-state index contributed by atoms with van der Waals surface area (Å²) < 4.78 is 0. The van der Waals surface area contributed by atoms with E-state index in [-0.39, 0.29) is 12.0 Å². The van der Waals surface area contributed by atoms with Crippen LogP contribution in [0.4, 0.5) is 5.69 Å². The molecule has 2 N–H and O–H groups in total. The standard InChI is InChI=1S/C15H25NO/c1-5-15(6-2,11-17)10-16-14-8-7-12(3)13(4)9-14/h7-9,16-17H,5-6,10-11H2,1-4H3. The molecule has 0 atom stereocenters. The molecule has 96 valence electrons. The summed E-state index contributed by atoms with van der Waals surface area (Å²) in [7, 11) is 0. The van der Waals surface area contributed by atoms with Gasteiger partial charge in [-0.25, -0.2) is 0 Å². The second-order valence-electron chi connectivity index (χ2n) is 5.02. The molecule has 0 aliphatic carbocycles. The van der Waals surface area contributed by atoms with Gasteiger partial charge in [0.1, 0.15) is 0 Å². The van der Waals surface area contributed by atoms with Gasteiger partial charge >= 0.3 is 0 Å². The minimum Gasteiger partial charge on any atom is -0.396 e. The first-order valence-electron chi connectivity index (χ1n) is 6.49. The Hall–Kier alpha value is -1.02. The highest BCUT2D eigenvalue weighted by Crippen LogP contribution is 2.26. The van der Waals surface area contributed by atoms with Gasteiger partial charge in [0, 0.05) is 17.6 Å². The van der Waals surface area contributed by atoms with Gasteiger partial charge in [-0.15, -0.1) is 0 Å². The molecule has 0 bridgehead atoms. The summed E-state index contributed by atoms with van der Waals surface area (Å²) in [6.45, 7) is 9.61. The topological polar surface area (TPSA) is 32.3 Å². The minimum atomic E-state index is 0.0127. The molecule has 0 saturated carbocycles. The van der Waals surface area contributed by atoms with E-state index in [9.17, 15) is 5.11 Å². The van der Waals surface area contributed by atoms with Gasteiger partial charge in [-0.3, -0.25) is 0 Å². The van der Waals surface area contributed by atoms with E-state index in [0.29, 0.717) is 0 Å². The highest BCUT2D eigenvalue weighted by molar-refractivity contribution is 5.48. The molecule has 0 radical (unpaired) electrons. The molecule has 0 amide bonds. The Labute approximate surface area is 105 Å². The zero-order valence-corrected chi connectivity index (χ0v) is 11.5. The fourth-order valence-corrected chi connectivity index (χ4v) is 1.92. The maximum Gasteiger partial charge on any atom is 0.0504 e. The van der Waals surface area contributed by atoms with Crippen LogP contribution >= 0.6 is 0 Å². The van der Waals surface area contributed by atoms with E-state index < -0.39 is 0 Å². The van der Waals surface area contributed by atoms with Crippen molar-refractivity contribution in [2.75, 3.05) is 18.5 Å². The Bertz CT molecular complexity index is 348. The molecule has 0 spiro atoms. The monoisotopic (exact) mass is 235 g/mol. The maximum absolute atomic E-state index is 9.51. The molecule has 0 saturated heterocycles. The largest absolute Gasteiger partial charge is 0.396 e. The number of hydrogen-bond acceptors (Lipinski definition) is 2. The van der Waals surface area contributed by atoms with E-state index in [0.717, 1.165) is 25.1 Å². The normalized spacial score (nSPS) is 11.6. The molecule has 1 aromatic carbocycles. The van der Waals surface area contributed by atoms with E-state index in [4.69, 9.17) is 0 Å². The summed E-state index contributed by atoms with van der Waals surface area (Å²) in [6.07, 6.45) is 2.00. The average Bonchev–Trinajstić information content (AvgIpc) is 2.36. The maximum atomic E-state index is 9.51. The van der Waals surface area contributed by atoms with Crippen molar-refractivity contribution in [1.82, 2.24) is 0 Å². The molecule has 1 aromatic rings. The quantitative estimate of drug-likeness (QED) is 0.790. The molecule has 17 heavy (non-hydrogen) atoms. The predicted octanol–water partition coefficient (Wildman–Crippen LogP) is 3.51. The fraction of sp³-hybridized carbons (Fsp3) is 0.600. The van der Waals surface area contributed by atoms with Crippen molar-refractivity contribution in [1.29, 1.82) is 0 Å². The molecule has 2 heteroatoms. The number of nitrogens with one attached hydrogen (secondary N) is 1. The van der Waals surface area contributed by atoms with E-state index >= 15 is 0 Å². The molecule has 0 heterocycles. The van der Waals surface area contributed by atoms with Crippen LogP contribution in [-0.2, 0) is 0 Å². The number of anilines is 1. The second-order valence-corrected chi connectivity index (χ2v) is 5.02. The molecule has 0 aliphatic heterocycles. The molecule has 2 nitrogen and oxygen atoms in total. The SMILES string of the molecule is CCC(CC)(CO)CNc1ccc(C)c(C)c1. The Morgan fingerprint density at radius 2 is 1.76 bits per heavy atom. The smallest absolute Gasteiger partial charge is 0.0504 e. The van der Waals surface area contributed by atoms with Gasteiger partial charge in [0.15, 0.2) is 0 Å². The van der Waals surface area contributed by atoms with Gasteiger partial charge < -0.3 is 10.4 Å². The minimum absolute atomic E-state index is 0.0127. The van der Waals surface area contributed by atoms with Gasteiger partial charge in [0.05, 0.1) is 6.61 Å². The van der Waals surface area contributed by atoms with Crippen molar-refractivity contribution in [2.24, 2.45) is 5.41 Å². The summed E-state index contributed by atoms with van der Waals surface area (Å²) >= 11 is 0. The van der Waals surface area contributed by atoms with Crippen LogP contribution in [0.3, 0.4) is 0 Å². The lowest BCUT2D eigenvalue weighted by Crippen LogP contribution is -2.32. The highest BCUT2D eigenvalue weighted by Gasteiger charge is 2.24. The van der Waals surface area contributed by atoms with Crippen LogP contribution in [0.15, 0.2) is 18.2 Å². The van der Waals surface area contributed by atoms with E-state index in [1.165, 1.54) is 11.1 Å². The van der Waals surface area contributed by atoms with E-state index in [1.54, 1.807) is 0 Å². The number of aliphatic hydroxyl groups excluding tert-OH is 1. The molecular weight excluding hydrogens is 210 g/mol. The van der Waals surface area contributed by atoms with Crippen molar-refractivity contribution in [2.45, 2.75) is 40.5 Å². The van der Waals surface area contributed by atoms with Crippen molar-refractivity contribution < 1.29 is 5.11 Å². The second kappa shape index (κ2) is 6.06. The Kier molecular flexibility index (Phi) is 5.01. The fourth-order valence-electron chi connectivity index (χ4n) is 1.92. The predicted molar refractivity (Wildman–Crippen MR) is 74.5 cm³/mol. The average molecular weight is 235 g/mol. The highest BCUT2D eigenvalue weighted by atomic mass is 16.3. The van der Waals surface area contributed by atoms with Gasteiger partial charge in [-0.2, -0.15) is 0 Å². The zero-order valence-electron chi connectivity index (χ0n) is 11.5. The first kappa shape index (κ1) is 14.0. The summed E-state index contributed by atoms with van der Waals surface area (Å²) in [5.74, 6) is 0. The number of aryl methyl sites for hydroxylation is 2. The van der Waals surface area contributed by atoms with Gasteiger partial charge in [0.2, 0.25) is 0 Å². The van der Waals surface area contributed by atoms with E-state index in [2.05, 4.69) is 51.2 Å². The van der Waals surface area contributed by atoms with Crippen LogP contribution in [0.1, 0.15) is 37.8 Å². The molecule has 1 rings (SSSR count). The molecule has 0 fully saturated rings. The third-order valence-corrected chi connectivity index (χ3v) is 4.01. The van der Waals surface area contributed by atoms with Crippen LogP contribution in [-0.4, -0.2) is 18.3 Å². The van der Waals surface area contributed by atoms with Crippen LogP contribution in [0, 0.1) is 19.3 Å². The molecule has 0 aromatic heterocycles. The lowest BCUT2D eigenvalue weighted by atomic mass is 9.83. The number of rotatable bonds is 6. The lowest BCUT2D eigenvalue weighted by molar-refractivity contribution is 0.127. The van der Waals surface area contributed by atoms with Crippen molar-refractivity contribution in [3.8, 4) is 0 Å². The third kappa shape index (κ3) is 3.47. The van der Waals surface area contributed by atoms with Crippen LogP contribution in [0.5, 0.6) is 0 Å². The first-order chi connectivity index (χ1) is 8.06. The molecule has 0 aliphatic rings. The number of hydrogen-bond donors (Lipinski definition) is 2. The van der Waals surface area contributed by atoms with Crippen molar-refractivity contribution >= 4 is 5.69 Å². The summed E-state index contributed by atoms with van der Waals surface area (Å²) in [5.41, 5.74) is 3.78. The van der Waals surface area contributed by atoms with Crippen LogP contribution in [0.2, 0.25) is 0 Å². The van der Waals surface area contributed by atoms with Crippen molar-refractivity contribution in [3.05, 3.63) is 29.3 Å². The van der Waals surface area contributed by atoms with Crippen LogP contribution < -0.4 is 5.32 Å². The lowest BCUT2D eigenvalue weighted by Gasteiger charge is -2.30. The van der Waals surface area contributed by atoms with Crippen molar-refractivity contribution in [3.63, 3.8) is 0 Å². The van der Waals surface area contributed by atoms with Gasteiger partial charge in [-0.05, 0) is 49.9 Å².